The summed E-state index contributed by atoms with van der Waals surface area (Å²) < 4.78 is 1.38. The van der Waals surface area contributed by atoms with E-state index in [0.29, 0.717) is 0 Å². The maximum Gasteiger partial charge on any atom is 0.353 e. The Balaban J connectivity index is 2.43. The Bertz CT molecular complexity index is 372. The Hall–Kier alpha value is -1.52. The van der Waals surface area contributed by atoms with E-state index in [2.05, 4.69) is 5.10 Å². The average Bonchev–Trinajstić information content (AvgIpc) is 2.75. The van der Waals surface area contributed by atoms with Gasteiger partial charge in [-0.05, 0) is 12.8 Å². The quantitative estimate of drug-likeness (QED) is 0.662. The van der Waals surface area contributed by atoms with Crippen LogP contribution in [-0.2, 0) is 0 Å². The highest BCUT2D eigenvalue weighted by atomic mass is 16.4. The first kappa shape index (κ1) is 7.15. The van der Waals surface area contributed by atoms with Crippen LogP contribution in [0.3, 0.4) is 0 Å². The molecule has 0 aromatic carbocycles. The van der Waals surface area contributed by atoms with Gasteiger partial charge in [0.1, 0.15) is 5.69 Å². The molecule has 1 aromatic rings. The fraction of sp³-hybridized carbons (Fsp3) is 0.429. The molecule has 12 heavy (non-hydrogen) atoms. The van der Waals surface area contributed by atoms with Crippen molar-refractivity contribution in [3.8, 4) is 0 Å². The average molecular weight is 168 g/mol. The van der Waals surface area contributed by atoms with Crippen LogP contribution in [0.15, 0.2) is 10.9 Å². The number of aromatic amines is 1. The van der Waals surface area contributed by atoms with E-state index in [0.717, 1.165) is 18.9 Å². The molecular formula is C7H8N2O3. The molecule has 1 fully saturated rings. The molecule has 0 saturated heterocycles. The van der Waals surface area contributed by atoms with Gasteiger partial charge in [-0.15, -0.1) is 0 Å². The number of aromatic nitrogens is 2. The molecule has 1 aliphatic rings. The first-order valence-electron chi connectivity index (χ1n) is 3.73. The van der Waals surface area contributed by atoms with Gasteiger partial charge in [0.15, 0.2) is 0 Å². The molecule has 0 amide bonds. The van der Waals surface area contributed by atoms with E-state index in [-0.39, 0.29) is 17.3 Å². The summed E-state index contributed by atoms with van der Waals surface area (Å²) in [5.74, 6) is -1.09. The number of hydrogen-bond donors (Lipinski definition) is 2. The lowest BCUT2D eigenvalue weighted by atomic mass is 10.4. The molecule has 2 rings (SSSR count). The number of carboxylic acids is 1. The van der Waals surface area contributed by atoms with E-state index >= 15 is 0 Å². The molecule has 5 heteroatoms. The number of aromatic carboxylic acids is 1. The zero-order valence-corrected chi connectivity index (χ0v) is 6.28. The van der Waals surface area contributed by atoms with Gasteiger partial charge in [0, 0.05) is 6.07 Å². The van der Waals surface area contributed by atoms with Crippen LogP contribution >= 0.6 is 0 Å². The second-order valence-corrected chi connectivity index (χ2v) is 2.91. The van der Waals surface area contributed by atoms with Crippen molar-refractivity contribution in [2.75, 3.05) is 0 Å². The van der Waals surface area contributed by atoms with Crippen molar-refractivity contribution in [3.05, 3.63) is 22.1 Å². The predicted molar refractivity (Wildman–Crippen MR) is 40.3 cm³/mol. The third-order valence-corrected chi connectivity index (χ3v) is 1.89. The van der Waals surface area contributed by atoms with E-state index in [1.54, 1.807) is 0 Å². The fourth-order valence-corrected chi connectivity index (χ4v) is 1.12. The van der Waals surface area contributed by atoms with Crippen LogP contribution in [-0.4, -0.2) is 20.9 Å². The number of nitrogens with zero attached hydrogens (tertiary/aromatic N) is 1. The predicted octanol–water partition coefficient (Wildman–Crippen LogP) is 0.209. The summed E-state index contributed by atoms with van der Waals surface area (Å²) in [6.45, 7) is 0. The van der Waals surface area contributed by atoms with Gasteiger partial charge < -0.3 is 5.11 Å². The first-order chi connectivity index (χ1) is 5.68. The van der Waals surface area contributed by atoms with Gasteiger partial charge in [-0.25, -0.2) is 9.48 Å². The maximum absolute atomic E-state index is 11.1. The number of rotatable bonds is 2. The van der Waals surface area contributed by atoms with Crippen molar-refractivity contribution < 1.29 is 9.90 Å². The van der Waals surface area contributed by atoms with E-state index < -0.39 is 5.97 Å². The number of H-pyrrole nitrogens is 1. The minimum absolute atomic E-state index is 0.0353. The molecule has 0 radical (unpaired) electrons. The summed E-state index contributed by atoms with van der Waals surface area (Å²) in [5, 5.41) is 11.1. The third-order valence-electron chi connectivity index (χ3n) is 1.89. The molecule has 1 saturated carbocycles. The molecule has 2 N–H and O–H groups in total. The Morgan fingerprint density at radius 3 is 2.75 bits per heavy atom. The van der Waals surface area contributed by atoms with Crippen molar-refractivity contribution in [2.45, 2.75) is 18.9 Å². The minimum Gasteiger partial charge on any atom is -0.477 e. The standard InChI is InChI=1S/C7H8N2O3/c10-6-3-5(7(11)12)8-9(6)4-1-2-4/h3-4,8H,1-2H2,(H,11,12). The van der Waals surface area contributed by atoms with Gasteiger partial charge >= 0.3 is 5.97 Å². The SMILES string of the molecule is O=C(O)c1cc(=O)n(C2CC2)[nH]1. The molecule has 0 atom stereocenters. The second kappa shape index (κ2) is 2.23. The van der Waals surface area contributed by atoms with E-state index in [4.69, 9.17) is 5.11 Å². The topological polar surface area (TPSA) is 75.1 Å². The summed E-state index contributed by atoms with van der Waals surface area (Å²) in [5.41, 5.74) is -0.290. The fourth-order valence-electron chi connectivity index (χ4n) is 1.12. The van der Waals surface area contributed by atoms with Crippen LogP contribution in [0.25, 0.3) is 0 Å². The van der Waals surface area contributed by atoms with Crippen LogP contribution in [0.2, 0.25) is 0 Å². The first-order valence-corrected chi connectivity index (χ1v) is 3.73. The Morgan fingerprint density at radius 2 is 2.33 bits per heavy atom. The second-order valence-electron chi connectivity index (χ2n) is 2.91. The minimum atomic E-state index is -1.09. The highest BCUT2D eigenvalue weighted by Gasteiger charge is 2.26. The Morgan fingerprint density at radius 1 is 1.67 bits per heavy atom. The van der Waals surface area contributed by atoms with E-state index in [1.165, 1.54) is 4.68 Å². The molecule has 0 spiro atoms. The Kier molecular flexibility index (Phi) is 1.33. The Labute approximate surface area is 67.6 Å². The summed E-state index contributed by atoms with van der Waals surface area (Å²) in [6.07, 6.45) is 1.92. The van der Waals surface area contributed by atoms with Gasteiger partial charge in [0.2, 0.25) is 0 Å². The smallest absolute Gasteiger partial charge is 0.353 e. The van der Waals surface area contributed by atoms with Gasteiger partial charge in [-0.1, -0.05) is 0 Å². The van der Waals surface area contributed by atoms with Gasteiger partial charge in [0.25, 0.3) is 5.56 Å². The molecule has 1 aliphatic carbocycles. The van der Waals surface area contributed by atoms with Crippen molar-refractivity contribution in [1.82, 2.24) is 9.78 Å². The van der Waals surface area contributed by atoms with Crippen LogP contribution in [0.4, 0.5) is 0 Å². The summed E-state index contributed by atoms with van der Waals surface area (Å²) in [4.78, 5) is 21.5. The number of hydrogen-bond acceptors (Lipinski definition) is 2. The molecular weight excluding hydrogens is 160 g/mol. The molecule has 1 aromatic heterocycles. The van der Waals surface area contributed by atoms with E-state index in [9.17, 15) is 9.59 Å². The lowest BCUT2D eigenvalue weighted by Gasteiger charge is -1.94. The zero-order valence-electron chi connectivity index (χ0n) is 6.28. The van der Waals surface area contributed by atoms with Crippen molar-refractivity contribution in [3.63, 3.8) is 0 Å². The van der Waals surface area contributed by atoms with Gasteiger partial charge in [0.05, 0.1) is 6.04 Å². The van der Waals surface area contributed by atoms with Crippen LogP contribution in [0.1, 0.15) is 29.4 Å². The van der Waals surface area contributed by atoms with Crippen LogP contribution < -0.4 is 5.56 Å². The lowest BCUT2D eigenvalue weighted by molar-refractivity contribution is 0.0689. The molecule has 0 aliphatic heterocycles. The highest BCUT2D eigenvalue weighted by Crippen LogP contribution is 2.32. The molecule has 5 nitrogen and oxygen atoms in total. The largest absolute Gasteiger partial charge is 0.477 e. The summed E-state index contributed by atoms with van der Waals surface area (Å²) in [7, 11) is 0. The molecule has 1 heterocycles. The normalized spacial score (nSPS) is 16.3. The highest BCUT2D eigenvalue weighted by molar-refractivity contribution is 5.85. The van der Waals surface area contributed by atoms with Crippen LogP contribution in [0.5, 0.6) is 0 Å². The third kappa shape index (κ3) is 1.03. The molecule has 64 valence electrons. The van der Waals surface area contributed by atoms with Gasteiger partial charge in [-0.3, -0.25) is 9.89 Å². The summed E-state index contributed by atoms with van der Waals surface area (Å²) in [6, 6.07) is 1.31. The lowest BCUT2D eigenvalue weighted by Crippen LogP contribution is -2.13. The van der Waals surface area contributed by atoms with Crippen molar-refractivity contribution in [2.24, 2.45) is 0 Å². The monoisotopic (exact) mass is 168 g/mol. The van der Waals surface area contributed by atoms with Crippen molar-refractivity contribution in [1.29, 1.82) is 0 Å². The number of carbonyl (C=O) groups is 1. The summed E-state index contributed by atoms with van der Waals surface area (Å²) >= 11 is 0. The maximum atomic E-state index is 11.1. The number of carboxylic acid groups (broad SMARTS) is 1. The van der Waals surface area contributed by atoms with Crippen molar-refractivity contribution >= 4 is 5.97 Å². The molecule has 0 unspecified atom stereocenters. The number of nitrogens with one attached hydrogen (secondary N) is 1. The van der Waals surface area contributed by atoms with Crippen LogP contribution in [0, 0.1) is 0 Å². The zero-order chi connectivity index (χ0) is 8.72. The van der Waals surface area contributed by atoms with E-state index in [1.807, 2.05) is 0 Å². The molecule has 0 bridgehead atoms. The van der Waals surface area contributed by atoms with Gasteiger partial charge in [-0.2, -0.15) is 0 Å².